The molecular weight excluding hydrogens is 457 g/mol. The van der Waals surface area contributed by atoms with Gasteiger partial charge in [-0.25, -0.2) is 9.37 Å². The predicted molar refractivity (Wildman–Crippen MR) is 137 cm³/mol. The maximum atomic E-state index is 13.3. The highest BCUT2D eigenvalue weighted by Crippen LogP contribution is 2.36. The van der Waals surface area contributed by atoms with E-state index in [0.29, 0.717) is 13.0 Å². The van der Waals surface area contributed by atoms with Crippen LogP contribution in [0.5, 0.6) is 5.75 Å². The summed E-state index contributed by atoms with van der Waals surface area (Å²) in [6.07, 6.45) is 1.19. The third kappa shape index (κ3) is 6.68. The van der Waals surface area contributed by atoms with Crippen molar-refractivity contribution in [2.45, 2.75) is 38.5 Å². The smallest absolute Gasteiger partial charge is 0.228 e. The van der Waals surface area contributed by atoms with Gasteiger partial charge in [-0.05, 0) is 68.1 Å². The highest BCUT2D eigenvalue weighted by molar-refractivity contribution is 7.99. The zero-order valence-corrected chi connectivity index (χ0v) is 21.4. The summed E-state index contributed by atoms with van der Waals surface area (Å²) in [5, 5.41) is 0.723. The molecule has 0 atom stereocenters. The maximum Gasteiger partial charge on any atom is 0.228 e. The van der Waals surface area contributed by atoms with Crippen LogP contribution in [0.1, 0.15) is 32.3 Å². The Morgan fingerprint density at radius 3 is 2.52 bits per heavy atom. The fourth-order valence-corrected chi connectivity index (χ4v) is 5.51. The summed E-state index contributed by atoms with van der Waals surface area (Å²) < 4.78 is 19.6. The van der Waals surface area contributed by atoms with Crippen molar-refractivity contribution >= 4 is 44.4 Å². The molecule has 0 aliphatic rings. The van der Waals surface area contributed by atoms with Gasteiger partial charge in [-0.15, -0.1) is 11.8 Å². The number of methoxy groups -OCH3 is 1. The van der Waals surface area contributed by atoms with Crippen LogP contribution in [0, 0.1) is 12.7 Å². The SMILES string of the molecule is CCN(CC)CCN(C(=O)CCCSc1ccc(F)cc1)c1nc2c(OC)ccc(C)c2s1. The summed E-state index contributed by atoms with van der Waals surface area (Å²) in [5.41, 5.74) is 1.94. The summed E-state index contributed by atoms with van der Waals surface area (Å²) in [5.74, 6) is 1.37. The van der Waals surface area contributed by atoms with Crippen molar-refractivity contribution < 1.29 is 13.9 Å². The van der Waals surface area contributed by atoms with Crippen molar-refractivity contribution in [3.05, 3.63) is 47.8 Å². The van der Waals surface area contributed by atoms with Crippen LogP contribution in [0.2, 0.25) is 0 Å². The molecule has 5 nitrogen and oxygen atoms in total. The number of carbonyl (C=O) groups excluding carboxylic acids is 1. The molecule has 0 radical (unpaired) electrons. The number of ether oxygens (including phenoxy) is 1. The lowest BCUT2D eigenvalue weighted by Gasteiger charge is -2.24. The lowest BCUT2D eigenvalue weighted by atomic mass is 10.2. The molecule has 33 heavy (non-hydrogen) atoms. The van der Waals surface area contributed by atoms with Gasteiger partial charge in [-0.2, -0.15) is 0 Å². The number of fused-ring (bicyclic) bond motifs is 1. The summed E-state index contributed by atoms with van der Waals surface area (Å²) in [6, 6.07) is 10.4. The summed E-state index contributed by atoms with van der Waals surface area (Å²) in [4.78, 5) is 23.3. The molecule has 1 amide bonds. The number of thioether (sulfide) groups is 1. The number of carbonyl (C=O) groups is 1. The second-order valence-electron chi connectivity index (χ2n) is 7.74. The van der Waals surface area contributed by atoms with Crippen LogP contribution in [0.15, 0.2) is 41.3 Å². The first-order valence-corrected chi connectivity index (χ1v) is 13.1. The molecular formula is C25H32FN3O2S2. The second-order valence-corrected chi connectivity index (χ2v) is 9.88. The van der Waals surface area contributed by atoms with Gasteiger partial charge in [-0.1, -0.05) is 31.3 Å². The zero-order valence-electron chi connectivity index (χ0n) is 19.8. The molecule has 3 rings (SSSR count). The van der Waals surface area contributed by atoms with Gasteiger partial charge < -0.3 is 9.64 Å². The van der Waals surface area contributed by atoms with E-state index in [2.05, 4.69) is 25.7 Å². The van der Waals surface area contributed by atoms with Gasteiger partial charge in [-0.3, -0.25) is 9.69 Å². The minimum absolute atomic E-state index is 0.0811. The van der Waals surface area contributed by atoms with Crippen LogP contribution in [-0.2, 0) is 4.79 Å². The Balaban J connectivity index is 1.73. The van der Waals surface area contributed by atoms with E-state index >= 15 is 0 Å². The number of amides is 1. The van der Waals surface area contributed by atoms with Crippen molar-refractivity contribution in [1.29, 1.82) is 0 Å². The van der Waals surface area contributed by atoms with Gasteiger partial charge in [0.05, 0.1) is 11.8 Å². The molecule has 0 saturated carbocycles. The molecule has 2 aromatic carbocycles. The van der Waals surface area contributed by atoms with Crippen molar-refractivity contribution in [3.63, 3.8) is 0 Å². The standard InChI is InChI=1S/C25H32FN3O2S2/c1-5-28(6-2)15-16-29(22(30)8-7-17-32-20-12-10-19(26)11-13-20)25-27-23-21(31-4)14-9-18(3)24(23)33-25/h9-14H,5-8,15-17H2,1-4H3. The van der Waals surface area contributed by atoms with Crippen LogP contribution in [-0.4, -0.2) is 54.8 Å². The molecule has 0 N–H and O–H groups in total. The molecule has 0 unspecified atom stereocenters. The van der Waals surface area contributed by atoms with Crippen molar-refractivity contribution in [2.24, 2.45) is 0 Å². The van der Waals surface area contributed by atoms with E-state index in [4.69, 9.17) is 9.72 Å². The number of aromatic nitrogens is 1. The Kier molecular flexibility index (Phi) is 9.52. The summed E-state index contributed by atoms with van der Waals surface area (Å²) in [6.45, 7) is 9.61. The number of nitrogens with zero attached hydrogens (tertiary/aromatic N) is 3. The largest absolute Gasteiger partial charge is 0.494 e. The molecule has 0 aliphatic heterocycles. The van der Waals surface area contributed by atoms with Crippen LogP contribution >= 0.6 is 23.1 Å². The molecule has 1 aromatic heterocycles. The summed E-state index contributed by atoms with van der Waals surface area (Å²) in [7, 11) is 1.64. The quantitative estimate of drug-likeness (QED) is 0.231. The number of hydrogen-bond donors (Lipinski definition) is 0. The van der Waals surface area contributed by atoms with E-state index in [9.17, 15) is 9.18 Å². The number of rotatable bonds is 12. The summed E-state index contributed by atoms with van der Waals surface area (Å²) >= 11 is 3.19. The van der Waals surface area contributed by atoms with Gasteiger partial charge in [0.15, 0.2) is 5.13 Å². The van der Waals surface area contributed by atoms with E-state index in [0.717, 1.165) is 63.4 Å². The number of benzene rings is 2. The Hall–Kier alpha value is -2.16. The first-order chi connectivity index (χ1) is 16.0. The Labute approximate surface area is 203 Å². The van der Waals surface area contributed by atoms with Crippen LogP contribution < -0.4 is 9.64 Å². The van der Waals surface area contributed by atoms with Crippen molar-refractivity contribution in [1.82, 2.24) is 9.88 Å². The fourth-order valence-electron chi connectivity index (χ4n) is 3.57. The fraction of sp³-hybridized carbons (Fsp3) is 0.440. The zero-order chi connectivity index (χ0) is 23.8. The third-order valence-electron chi connectivity index (χ3n) is 5.60. The number of aryl methyl sites for hydroxylation is 1. The molecule has 1 heterocycles. The van der Waals surface area contributed by atoms with E-state index < -0.39 is 0 Å². The third-order valence-corrected chi connectivity index (χ3v) is 7.91. The Morgan fingerprint density at radius 2 is 1.85 bits per heavy atom. The number of thiazole rings is 1. The van der Waals surface area contributed by atoms with Crippen molar-refractivity contribution in [3.8, 4) is 5.75 Å². The minimum Gasteiger partial charge on any atom is -0.494 e. The van der Waals surface area contributed by atoms with Gasteiger partial charge in [0.2, 0.25) is 5.91 Å². The van der Waals surface area contributed by atoms with Crippen LogP contribution in [0.25, 0.3) is 10.2 Å². The lowest BCUT2D eigenvalue weighted by molar-refractivity contribution is -0.118. The van der Waals surface area contributed by atoms with Gasteiger partial charge in [0, 0.05) is 24.4 Å². The van der Waals surface area contributed by atoms with Crippen LogP contribution in [0.4, 0.5) is 9.52 Å². The number of hydrogen-bond acceptors (Lipinski definition) is 6. The number of likely N-dealkylation sites (N-methyl/N-ethyl adjacent to an activating group) is 1. The lowest BCUT2D eigenvalue weighted by Crippen LogP contribution is -2.38. The van der Waals surface area contributed by atoms with E-state index in [-0.39, 0.29) is 11.7 Å². The average molecular weight is 490 g/mol. The van der Waals surface area contributed by atoms with E-state index in [1.807, 2.05) is 17.0 Å². The van der Waals surface area contributed by atoms with Gasteiger partial charge in [0.1, 0.15) is 17.1 Å². The molecule has 0 saturated heterocycles. The normalized spacial score (nSPS) is 11.3. The molecule has 8 heteroatoms. The Bertz CT molecular complexity index is 1050. The first kappa shape index (κ1) is 25.5. The first-order valence-electron chi connectivity index (χ1n) is 11.3. The number of halogens is 1. The molecule has 0 aliphatic carbocycles. The van der Waals surface area contributed by atoms with E-state index in [1.165, 1.54) is 12.1 Å². The highest BCUT2D eigenvalue weighted by atomic mass is 32.2. The average Bonchev–Trinajstić information content (AvgIpc) is 3.27. The molecule has 0 fully saturated rings. The highest BCUT2D eigenvalue weighted by Gasteiger charge is 2.22. The van der Waals surface area contributed by atoms with Crippen molar-refractivity contribution in [2.75, 3.05) is 43.9 Å². The maximum absolute atomic E-state index is 13.3. The van der Waals surface area contributed by atoms with Crippen LogP contribution in [0.3, 0.4) is 0 Å². The Morgan fingerprint density at radius 1 is 1.12 bits per heavy atom. The second kappa shape index (κ2) is 12.3. The van der Waals surface area contributed by atoms with Gasteiger partial charge >= 0.3 is 0 Å². The van der Waals surface area contributed by atoms with Gasteiger partial charge in [0.25, 0.3) is 0 Å². The number of anilines is 1. The molecule has 3 aromatic rings. The monoisotopic (exact) mass is 489 g/mol. The molecule has 0 spiro atoms. The van der Waals surface area contributed by atoms with E-state index in [1.54, 1.807) is 42.3 Å². The molecule has 178 valence electrons. The predicted octanol–water partition coefficient (Wildman–Crippen LogP) is 6.00. The topological polar surface area (TPSA) is 45.7 Å². The molecule has 0 bridgehead atoms. The minimum atomic E-state index is -0.235.